The molecule has 0 radical (unpaired) electrons. The van der Waals surface area contributed by atoms with E-state index >= 15 is 0 Å². The van der Waals surface area contributed by atoms with Gasteiger partial charge >= 0.3 is 5.97 Å². The number of ether oxygens (including phenoxy) is 1. The third-order valence-electron chi connectivity index (χ3n) is 4.81. The van der Waals surface area contributed by atoms with Crippen LogP contribution in [0.5, 0.6) is 0 Å². The van der Waals surface area contributed by atoms with Gasteiger partial charge in [0.2, 0.25) is 0 Å². The van der Waals surface area contributed by atoms with Crippen LogP contribution in [0.1, 0.15) is 23.0 Å². The Labute approximate surface area is 164 Å². The summed E-state index contributed by atoms with van der Waals surface area (Å²) in [5, 5.41) is 8.87. The van der Waals surface area contributed by atoms with Crippen molar-refractivity contribution in [2.24, 2.45) is 0 Å². The van der Waals surface area contributed by atoms with Gasteiger partial charge in [-0.2, -0.15) is 0 Å². The maximum atomic E-state index is 12.8. The molecule has 1 atom stereocenters. The van der Waals surface area contributed by atoms with Crippen molar-refractivity contribution < 1.29 is 23.8 Å². The third kappa shape index (κ3) is 4.99. The van der Waals surface area contributed by atoms with Crippen molar-refractivity contribution >= 4 is 11.9 Å². The van der Waals surface area contributed by atoms with Gasteiger partial charge in [-0.25, -0.2) is 0 Å². The van der Waals surface area contributed by atoms with Crippen molar-refractivity contribution in [3.8, 4) is 11.3 Å². The average molecular weight is 386 g/mol. The molecule has 0 aliphatic carbocycles. The molecule has 1 N–H and O–H groups in total. The zero-order valence-electron chi connectivity index (χ0n) is 16.3. The first-order valence-corrected chi connectivity index (χ1v) is 9.46. The summed E-state index contributed by atoms with van der Waals surface area (Å²) in [5.41, 5.74) is 2.19. The van der Waals surface area contributed by atoms with Crippen LogP contribution in [0.4, 0.5) is 0 Å². The van der Waals surface area contributed by atoms with Gasteiger partial charge in [0.25, 0.3) is 5.91 Å². The fourth-order valence-corrected chi connectivity index (χ4v) is 3.33. The van der Waals surface area contributed by atoms with E-state index in [2.05, 4.69) is 19.1 Å². The highest BCUT2D eigenvalue weighted by Gasteiger charge is 2.28. The van der Waals surface area contributed by atoms with E-state index in [1.165, 1.54) is 5.56 Å². The van der Waals surface area contributed by atoms with E-state index in [1.807, 2.05) is 18.2 Å². The highest BCUT2D eigenvalue weighted by atomic mass is 16.5. The minimum Gasteiger partial charge on any atom is -0.480 e. The topological polar surface area (TPSA) is 83.2 Å². The van der Waals surface area contributed by atoms with Crippen LogP contribution >= 0.6 is 0 Å². The molecule has 1 aliphatic heterocycles. The van der Waals surface area contributed by atoms with Gasteiger partial charge in [-0.15, -0.1) is 0 Å². The Morgan fingerprint density at radius 1 is 1.21 bits per heavy atom. The number of carbonyl (C=O) groups excluding carboxylic acids is 1. The predicted octanol–water partition coefficient (Wildman–Crippen LogP) is 2.37. The number of amides is 1. The Morgan fingerprint density at radius 2 is 1.96 bits per heavy atom. The molecular weight excluding hydrogens is 360 g/mol. The fourth-order valence-electron chi connectivity index (χ4n) is 3.33. The molecule has 0 spiro atoms. The Hall–Kier alpha value is -2.64. The first kappa shape index (κ1) is 20.1. The molecule has 1 aliphatic rings. The number of carboxylic acids is 1. The monoisotopic (exact) mass is 386 g/mol. The first-order chi connectivity index (χ1) is 13.5. The number of hydrogen-bond donors (Lipinski definition) is 1. The lowest BCUT2D eigenvalue weighted by Gasteiger charge is -2.34. The second-order valence-corrected chi connectivity index (χ2v) is 7.05. The lowest BCUT2D eigenvalue weighted by molar-refractivity contribution is -0.138. The lowest BCUT2D eigenvalue weighted by atomic mass is 10.1. The van der Waals surface area contributed by atoms with Crippen LogP contribution in [0.3, 0.4) is 0 Å². The molecular formula is C21H26N2O5. The van der Waals surface area contributed by atoms with Gasteiger partial charge in [0.05, 0.1) is 19.3 Å². The van der Waals surface area contributed by atoms with Gasteiger partial charge in [0.1, 0.15) is 5.76 Å². The maximum Gasteiger partial charge on any atom is 0.317 e. The van der Waals surface area contributed by atoms with Crippen LogP contribution in [0, 0.1) is 0 Å². The van der Waals surface area contributed by atoms with E-state index in [1.54, 1.807) is 22.9 Å². The Bertz CT molecular complexity index is 814. The molecule has 3 rings (SSSR count). The van der Waals surface area contributed by atoms with Gasteiger partial charge < -0.3 is 19.2 Å². The molecule has 1 amide bonds. The average Bonchev–Trinajstić information content (AvgIpc) is 3.17. The molecule has 1 fully saturated rings. The predicted molar refractivity (Wildman–Crippen MR) is 104 cm³/mol. The van der Waals surface area contributed by atoms with Crippen LogP contribution < -0.4 is 0 Å². The molecule has 2 heterocycles. The minimum atomic E-state index is -0.888. The number of aryl methyl sites for hydroxylation is 1. The van der Waals surface area contributed by atoms with Crippen LogP contribution in [-0.2, 0) is 16.0 Å². The van der Waals surface area contributed by atoms with Crippen LogP contribution in [0.25, 0.3) is 11.3 Å². The zero-order valence-corrected chi connectivity index (χ0v) is 16.3. The molecule has 2 aromatic rings. The summed E-state index contributed by atoms with van der Waals surface area (Å²) in [7, 11) is 1.72. The van der Waals surface area contributed by atoms with E-state index in [9.17, 15) is 9.59 Å². The van der Waals surface area contributed by atoms with Crippen LogP contribution in [0.2, 0.25) is 0 Å². The van der Waals surface area contributed by atoms with Crippen molar-refractivity contribution in [2.45, 2.75) is 19.4 Å². The highest BCUT2D eigenvalue weighted by molar-refractivity contribution is 5.92. The molecule has 150 valence electrons. The number of carbonyl (C=O) groups is 2. The summed E-state index contributed by atoms with van der Waals surface area (Å²) < 4.78 is 11.5. The van der Waals surface area contributed by atoms with E-state index < -0.39 is 5.97 Å². The molecule has 1 saturated heterocycles. The fraction of sp³-hybridized carbons (Fsp3) is 0.429. The van der Waals surface area contributed by atoms with E-state index in [4.69, 9.17) is 14.3 Å². The number of morpholine rings is 1. The quantitative estimate of drug-likeness (QED) is 0.787. The molecule has 1 aromatic carbocycles. The molecule has 0 saturated carbocycles. The summed E-state index contributed by atoms with van der Waals surface area (Å²) >= 11 is 0. The zero-order chi connectivity index (χ0) is 20.1. The van der Waals surface area contributed by atoms with Crippen LogP contribution in [0.15, 0.2) is 40.8 Å². The molecule has 7 nitrogen and oxygen atoms in total. The molecule has 0 bridgehead atoms. The number of furan rings is 1. The van der Waals surface area contributed by atoms with E-state index in [-0.39, 0.29) is 18.6 Å². The largest absolute Gasteiger partial charge is 0.480 e. The number of hydrogen-bond acceptors (Lipinski definition) is 5. The summed E-state index contributed by atoms with van der Waals surface area (Å²) in [4.78, 5) is 27.0. The summed E-state index contributed by atoms with van der Waals surface area (Å²) in [6, 6.07) is 11.6. The normalized spacial score (nSPS) is 17.1. The maximum absolute atomic E-state index is 12.8. The van der Waals surface area contributed by atoms with Crippen molar-refractivity contribution in [2.75, 3.05) is 39.8 Å². The van der Waals surface area contributed by atoms with Gasteiger partial charge in [-0.1, -0.05) is 31.2 Å². The van der Waals surface area contributed by atoms with Gasteiger partial charge in [0, 0.05) is 25.2 Å². The standard InChI is InChI=1S/C21H26N2O5/c1-3-15-4-6-16(7-5-15)18-8-9-19(28-18)21(26)23-10-11-27-17(13-23)12-22(2)14-20(24)25/h4-9,17H,3,10-14H2,1-2H3,(H,24,25). The molecule has 28 heavy (non-hydrogen) atoms. The van der Waals surface area contributed by atoms with Gasteiger partial charge in [-0.05, 0) is 31.2 Å². The van der Waals surface area contributed by atoms with Gasteiger partial charge in [0.15, 0.2) is 5.76 Å². The van der Waals surface area contributed by atoms with Crippen molar-refractivity contribution in [3.63, 3.8) is 0 Å². The van der Waals surface area contributed by atoms with Crippen molar-refractivity contribution in [3.05, 3.63) is 47.7 Å². The van der Waals surface area contributed by atoms with E-state index in [0.29, 0.717) is 37.8 Å². The molecule has 7 heteroatoms. The number of likely N-dealkylation sites (N-methyl/N-ethyl adjacent to an activating group) is 1. The van der Waals surface area contributed by atoms with Crippen LogP contribution in [-0.4, -0.2) is 72.7 Å². The second kappa shape index (κ2) is 9.03. The first-order valence-electron chi connectivity index (χ1n) is 9.46. The molecule has 1 aromatic heterocycles. The lowest BCUT2D eigenvalue weighted by Crippen LogP contribution is -2.49. The molecule has 1 unspecified atom stereocenters. The number of rotatable bonds is 7. The number of carboxylic acid groups (broad SMARTS) is 1. The summed E-state index contributed by atoms with van der Waals surface area (Å²) in [6.45, 7) is 3.80. The van der Waals surface area contributed by atoms with E-state index in [0.717, 1.165) is 12.0 Å². The number of nitrogens with zero attached hydrogens (tertiary/aromatic N) is 2. The SMILES string of the molecule is CCc1ccc(-c2ccc(C(=O)N3CCOC(CN(C)CC(=O)O)C3)o2)cc1. The van der Waals surface area contributed by atoms with Crippen molar-refractivity contribution in [1.82, 2.24) is 9.80 Å². The Balaban J connectivity index is 1.63. The number of aliphatic carboxylic acids is 1. The number of benzene rings is 1. The van der Waals surface area contributed by atoms with Crippen molar-refractivity contribution in [1.29, 1.82) is 0 Å². The second-order valence-electron chi connectivity index (χ2n) is 7.05. The third-order valence-corrected chi connectivity index (χ3v) is 4.81. The summed E-state index contributed by atoms with van der Waals surface area (Å²) in [6.07, 6.45) is 0.750. The Morgan fingerprint density at radius 3 is 2.64 bits per heavy atom. The smallest absolute Gasteiger partial charge is 0.317 e. The Kier molecular flexibility index (Phi) is 6.49. The summed E-state index contributed by atoms with van der Waals surface area (Å²) in [5.74, 6) is -0.0990. The minimum absolute atomic E-state index is 0.0633. The highest BCUT2D eigenvalue weighted by Crippen LogP contribution is 2.24. The van der Waals surface area contributed by atoms with Gasteiger partial charge in [-0.3, -0.25) is 14.5 Å².